The molecular formula is C26H29N3O2. The smallest absolute Gasteiger partial charge is 0.144 e. The zero-order chi connectivity index (χ0) is 21.3. The van der Waals surface area contributed by atoms with E-state index in [1.807, 2.05) is 61.7 Å². The highest BCUT2D eigenvalue weighted by molar-refractivity contribution is 5.99. The second kappa shape index (κ2) is 10.5. The molecule has 0 saturated heterocycles. The van der Waals surface area contributed by atoms with Gasteiger partial charge in [-0.25, -0.2) is 0 Å². The predicted octanol–water partition coefficient (Wildman–Crippen LogP) is 6.40. The number of hydrogen-bond acceptors (Lipinski definition) is 3. The van der Waals surface area contributed by atoms with Crippen LogP contribution in [0.1, 0.15) is 38.3 Å². The van der Waals surface area contributed by atoms with Gasteiger partial charge in [-0.3, -0.25) is 4.99 Å². The van der Waals surface area contributed by atoms with Gasteiger partial charge in [0, 0.05) is 18.0 Å². The maximum absolute atomic E-state index is 5.81. The first-order valence-corrected chi connectivity index (χ1v) is 11.0. The van der Waals surface area contributed by atoms with Crippen molar-refractivity contribution in [1.29, 1.82) is 0 Å². The fourth-order valence-corrected chi connectivity index (χ4v) is 3.56. The van der Waals surface area contributed by atoms with Gasteiger partial charge >= 0.3 is 0 Å². The quantitative estimate of drug-likeness (QED) is 0.356. The summed E-state index contributed by atoms with van der Waals surface area (Å²) in [4.78, 5) is 11.4. The summed E-state index contributed by atoms with van der Waals surface area (Å²) in [7, 11) is 0. The lowest BCUT2D eigenvalue weighted by molar-refractivity contribution is 0.306. The topological polar surface area (TPSA) is 62.4 Å². The van der Waals surface area contributed by atoms with Crippen LogP contribution in [0.5, 0.6) is 11.5 Å². The van der Waals surface area contributed by atoms with Gasteiger partial charge in [-0.1, -0.05) is 18.2 Å². The van der Waals surface area contributed by atoms with Crippen molar-refractivity contribution in [2.24, 2.45) is 4.99 Å². The molecule has 5 heteroatoms. The average Bonchev–Trinajstić information content (AvgIpc) is 3.54. The van der Waals surface area contributed by atoms with Crippen molar-refractivity contribution in [2.45, 2.75) is 32.6 Å². The number of H-pyrrole nitrogens is 2. The standard InChI is InChI=1S/C26H29N3O2/c1-2-30-26-19-24(23-13-9-16-27-23)29-25(26)18-21-15-14-20(28-21)10-5-4-8-17-31-22-11-6-3-7-12-22/h3,6-7,9,11-16,18-19,27,29H,2,4-5,8,10,17H2,1H3/b21-18+. The van der Waals surface area contributed by atoms with Crippen LogP contribution in [0.15, 0.2) is 77.6 Å². The van der Waals surface area contributed by atoms with Crippen LogP contribution in [0.4, 0.5) is 0 Å². The Labute approximate surface area is 183 Å². The number of rotatable bonds is 11. The molecule has 0 bridgehead atoms. The van der Waals surface area contributed by atoms with Crippen LogP contribution in [0, 0.1) is 0 Å². The van der Waals surface area contributed by atoms with E-state index in [1.54, 1.807) is 0 Å². The maximum atomic E-state index is 5.81. The number of allylic oxidation sites excluding steroid dienone is 2. The van der Waals surface area contributed by atoms with E-state index in [4.69, 9.17) is 14.5 Å². The molecule has 0 amide bonds. The molecule has 0 saturated carbocycles. The number of ether oxygens (including phenoxy) is 2. The minimum Gasteiger partial charge on any atom is -0.494 e. The SMILES string of the molecule is CCOc1cc(-c2ccc[nH]2)[nH]c1/C=C1\C=CC(CCCCCOc2ccccc2)=N1. The van der Waals surface area contributed by atoms with Gasteiger partial charge in [0.1, 0.15) is 11.5 Å². The van der Waals surface area contributed by atoms with Crippen molar-refractivity contribution in [2.75, 3.05) is 13.2 Å². The molecule has 0 fully saturated rings. The molecule has 0 radical (unpaired) electrons. The number of para-hydroxylation sites is 1. The van der Waals surface area contributed by atoms with E-state index >= 15 is 0 Å². The van der Waals surface area contributed by atoms with E-state index in [0.717, 1.165) is 72.3 Å². The predicted molar refractivity (Wildman–Crippen MR) is 127 cm³/mol. The minimum absolute atomic E-state index is 0.622. The third-order valence-electron chi connectivity index (χ3n) is 5.10. The highest BCUT2D eigenvalue weighted by atomic mass is 16.5. The Balaban J connectivity index is 1.28. The molecule has 0 spiro atoms. The summed E-state index contributed by atoms with van der Waals surface area (Å²) < 4.78 is 11.6. The van der Waals surface area contributed by atoms with E-state index in [1.165, 1.54) is 0 Å². The Morgan fingerprint density at radius 2 is 1.84 bits per heavy atom. The Kier molecular flexibility index (Phi) is 7.06. The lowest BCUT2D eigenvalue weighted by atomic mass is 10.1. The molecule has 2 N–H and O–H groups in total. The monoisotopic (exact) mass is 415 g/mol. The van der Waals surface area contributed by atoms with Crippen molar-refractivity contribution in [1.82, 2.24) is 9.97 Å². The Hall–Kier alpha value is -3.47. The lowest BCUT2D eigenvalue weighted by Crippen LogP contribution is -1.98. The Morgan fingerprint density at radius 3 is 2.65 bits per heavy atom. The van der Waals surface area contributed by atoms with Gasteiger partial charge in [0.15, 0.2) is 0 Å². The van der Waals surface area contributed by atoms with Crippen LogP contribution in [-0.2, 0) is 0 Å². The number of nitrogens with zero attached hydrogens (tertiary/aromatic N) is 1. The molecule has 1 aliphatic rings. The van der Waals surface area contributed by atoms with Crippen LogP contribution >= 0.6 is 0 Å². The lowest BCUT2D eigenvalue weighted by Gasteiger charge is -2.05. The van der Waals surface area contributed by atoms with Gasteiger partial charge in [-0.2, -0.15) is 0 Å². The third-order valence-corrected chi connectivity index (χ3v) is 5.10. The van der Waals surface area contributed by atoms with Crippen molar-refractivity contribution in [3.63, 3.8) is 0 Å². The van der Waals surface area contributed by atoms with Crippen molar-refractivity contribution in [3.05, 3.63) is 78.3 Å². The number of nitrogens with one attached hydrogen (secondary N) is 2. The van der Waals surface area contributed by atoms with Crippen LogP contribution in [0.3, 0.4) is 0 Å². The van der Waals surface area contributed by atoms with Crippen LogP contribution < -0.4 is 9.47 Å². The summed E-state index contributed by atoms with van der Waals surface area (Å²) in [6.07, 6.45) is 12.4. The van der Waals surface area contributed by atoms with Crippen molar-refractivity contribution < 1.29 is 9.47 Å². The van der Waals surface area contributed by atoms with Crippen molar-refractivity contribution >= 4 is 11.8 Å². The van der Waals surface area contributed by atoms with E-state index in [9.17, 15) is 0 Å². The zero-order valence-corrected chi connectivity index (χ0v) is 17.9. The fourth-order valence-electron chi connectivity index (χ4n) is 3.56. The van der Waals surface area contributed by atoms with Gasteiger partial charge in [-0.05, 0) is 75.1 Å². The molecule has 5 nitrogen and oxygen atoms in total. The molecule has 1 aliphatic heterocycles. The molecule has 31 heavy (non-hydrogen) atoms. The molecule has 1 aromatic carbocycles. The van der Waals surface area contributed by atoms with Crippen molar-refractivity contribution in [3.8, 4) is 22.9 Å². The normalized spacial score (nSPS) is 14.2. The summed E-state index contributed by atoms with van der Waals surface area (Å²) >= 11 is 0. The van der Waals surface area contributed by atoms with Gasteiger partial charge in [-0.15, -0.1) is 0 Å². The summed E-state index contributed by atoms with van der Waals surface area (Å²) in [6, 6.07) is 16.0. The number of aliphatic imine (C=N–C) groups is 1. The van der Waals surface area contributed by atoms with E-state index in [-0.39, 0.29) is 0 Å². The van der Waals surface area contributed by atoms with Gasteiger partial charge in [0.2, 0.25) is 0 Å². The molecule has 160 valence electrons. The molecule has 0 atom stereocenters. The molecule has 4 rings (SSSR count). The summed E-state index contributed by atoms with van der Waals surface area (Å²) in [5, 5.41) is 0. The minimum atomic E-state index is 0.622. The van der Waals surface area contributed by atoms with E-state index in [2.05, 4.69) is 28.2 Å². The first-order chi connectivity index (χ1) is 15.3. The fraction of sp³-hybridized carbons (Fsp3) is 0.269. The van der Waals surface area contributed by atoms with Gasteiger partial charge in [0.25, 0.3) is 0 Å². The first-order valence-electron chi connectivity index (χ1n) is 11.0. The largest absolute Gasteiger partial charge is 0.494 e. The van der Waals surface area contributed by atoms with Gasteiger partial charge in [0.05, 0.1) is 36.0 Å². The van der Waals surface area contributed by atoms with Gasteiger partial charge < -0.3 is 19.4 Å². The molecule has 3 aromatic rings. The summed E-state index contributed by atoms with van der Waals surface area (Å²) in [5.41, 5.74) is 5.05. The highest BCUT2D eigenvalue weighted by Gasteiger charge is 2.12. The number of unbranched alkanes of at least 4 members (excludes halogenated alkanes) is 2. The summed E-state index contributed by atoms with van der Waals surface area (Å²) in [6.45, 7) is 3.37. The Morgan fingerprint density at radius 1 is 0.935 bits per heavy atom. The number of hydrogen-bond donors (Lipinski definition) is 2. The molecule has 0 aliphatic carbocycles. The highest BCUT2D eigenvalue weighted by Crippen LogP contribution is 2.29. The molecule has 2 aromatic heterocycles. The number of aromatic amines is 2. The second-order valence-corrected chi connectivity index (χ2v) is 7.46. The molecular weight excluding hydrogens is 386 g/mol. The third kappa shape index (κ3) is 5.79. The Bertz CT molecular complexity index is 1040. The maximum Gasteiger partial charge on any atom is 0.144 e. The van der Waals surface area contributed by atoms with Crippen LogP contribution in [-0.4, -0.2) is 28.9 Å². The second-order valence-electron chi connectivity index (χ2n) is 7.46. The first kappa shape index (κ1) is 20.8. The van der Waals surface area contributed by atoms with E-state index in [0.29, 0.717) is 6.61 Å². The van der Waals surface area contributed by atoms with Crippen LogP contribution in [0.25, 0.3) is 17.5 Å². The molecule has 0 unspecified atom stereocenters. The zero-order valence-electron chi connectivity index (χ0n) is 17.9. The average molecular weight is 416 g/mol. The number of aromatic nitrogens is 2. The van der Waals surface area contributed by atoms with Crippen LogP contribution in [0.2, 0.25) is 0 Å². The summed E-state index contributed by atoms with van der Waals surface area (Å²) in [5.74, 6) is 1.78. The van der Waals surface area contributed by atoms with E-state index < -0.39 is 0 Å². The number of benzene rings is 1. The molecule has 3 heterocycles.